The molecule has 0 unspecified atom stereocenters. The number of halogens is 2. The van der Waals surface area contributed by atoms with Gasteiger partial charge in [-0.05, 0) is 18.1 Å². The van der Waals surface area contributed by atoms with Crippen LogP contribution in [0, 0.1) is 17.6 Å². The van der Waals surface area contributed by atoms with Crippen LogP contribution in [-0.4, -0.2) is 12.5 Å². The number of hydrogen-bond acceptors (Lipinski definition) is 1. The van der Waals surface area contributed by atoms with E-state index in [1.807, 2.05) is 0 Å². The second-order valence-electron chi connectivity index (χ2n) is 4.36. The van der Waals surface area contributed by atoms with Crippen molar-refractivity contribution < 1.29 is 13.6 Å². The van der Waals surface area contributed by atoms with Crippen LogP contribution in [0.4, 0.5) is 8.78 Å². The highest BCUT2D eigenvalue weighted by Crippen LogP contribution is 2.12. The molecule has 0 fully saturated rings. The third-order valence-corrected chi connectivity index (χ3v) is 3.14. The van der Waals surface area contributed by atoms with Crippen molar-refractivity contribution >= 4 is 5.91 Å². The van der Waals surface area contributed by atoms with Gasteiger partial charge in [-0.1, -0.05) is 32.8 Å². The van der Waals surface area contributed by atoms with Crippen LogP contribution in [-0.2, 0) is 11.2 Å². The Balaban J connectivity index is 2.55. The Kier molecular flexibility index (Phi) is 5.75. The maximum atomic E-state index is 13.3. The van der Waals surface area contributed by atoms with Crippen LogP contribution in [0.2, 0.25) is 0 Å². The first-order valence-electron chi connectivity index (χ1n) is 6.28. The molecule has 0 heterocycles. The molecule has 18 heavy (non-hydrogen) atoms. The molecule has 0 saturated heterocycles. The molecule has 1 N–H and O–H groups in total. The van der Waals surface area contributed by atoms with Crippen molar-refractivity contribution in [3.63, 3.8) is 0 Å². The molecule has 2 nitrogen and oxygen atoms in total. The van der Waals surface area contributed by atoms with Crippen molar-refractivity contribution in [1.29, 1.82) is 0 Å². The fourth-order valence-corrected chi connectivity index (χ4v) is 1.76. The summed E-state index contributed by atoms with van der Waals surface area (Å²) in [6.45, 7) is 4.66. The van der Waals surface area contributed by atoms with E-state index < -0.39 is 11.6 Å². The molecule has 0 aromatic heterocycles. The van der Waals surface area contributed by atoms with E-state index in [1.165, 1.54) is 6.07 Å². The number of carbonyl (C=O) groups excluding carboxylic acids is 1. The average molecular weight is 255 g/mol. The molecule has 0 aliphatic heterocycles. The Morgan fingerprint density at radius 2 is 1.78 bits per heavy atom. The SMILES string of the molecule is CCC(CC)CNC(=O)Cc1c(F)cccc1F. The first-order valence-corrected chi connectivity index (χ1v) is 6.28. The van der Waals surface area contributed by atoms with E-state index in [-0.39, 0.29) is 17.9 Å². The highest BCUT2D eigenvalue weighted by atomic mass is 19.1. The third-order valence-electron chi connectivity index (χ3n) is 3.14. The molecule has 0 aliphatic rings. The Labute approximate surface area is 106 Å². The predicted octanol–water partition coefficient (Wildman–Crippen LogP) is 3.06. The van der Waals surface area contributed by atoms with Gasteiger partial charge in [0, 0.05) is 12.1 Å². The smallest absolute Gasteiger partial charge is 0.224 e. The molecule has 1 aromatic rings. The molecule has 0 bridgehead atoms. The maximum Gasteiger partial charge on any atom is 0.224 e. The van der Waals surface area contributed by atoms with Crippen LogP contribution in [0.25, 0.3) is 0 Å². The van der Waals surface area contributed by atoms with Crippen LogP contribution < -0.4 is 5.32 Å². The highest BCUT2D eigenvalue weighted by molar-refractivity contribution is 5.78. The Morgan fingerprint density at radius 1 is 1.22 bits per heavy atom. The fourth-order valence-electron chi connectivity index (χ4n) is 1.76. The minimum atomic E-state index is -0.673. The van der Waals surface area contributed by atoms with Crippen molar-refractivity contribution in [2.24, 2.45) is 5.92 Å². The van der Waals surface area contributed by atoms with E-state index in [0.29, 0.717) is 12.5 Å². The van der Waals surface area contributed by atoms with Gasteiger partial charge < -0.3 is 5.32 Å². The van der Waals surface area contributed by atoms with Crippen molar-refractivity contribution in [3.05, 3.63) is 35.4 Å². The predicted molar refractivity (Wildman–Crippen MR) is 67.1 cm³/mol. The van der Waals surface area contributed by atoms with E-state index in [1.54, 1.807) is 0 Å². The summed E-state index contributed by atoms with van der Waals surface area (Å²) in [5, 5.41) is 2.72. The number of carbonyl (C=O) groups is 1. The lowest BCUT2D eigenvalue weighted by Crippen LogP contribution is -2.30. The molecule has 1 rings (SSSR count). The summed E-state index contributed by atoms with van der Waals surface area (Å²) >= 11 is 0. The summed E-state index contributed by atoms with van der Waals surface area (Å²) in [6, 6.07) is 3.61. The van der Waals surface area contributed by atoms with E-state index in [4.69, 9.17) is 0 Å². The molecule has 4 heteroatoms. The van der Waals surface area contributed by atoms with Gasteiger partial charge in [-0.2, -0.15) is 0 Å². The quantitative estimate of drug-likeness (QED) is 0.831. The summed E-state index contributed by atoms with van der Waals surface area (Å²) in [5.41, 5.74) is -0.167. The van der Waals surface area contributed by atoms with Crippen LogP contribution in [0.1, 0.15) is 32.3 Å². The molecule has 0 aliphatic carbocycles. The lowest BCUT2D eigenvalue weighted by atomic mass is 10.0. The van der Waals surface area contributed by atoms with Crippen molar-refractivity contribution in [1.82, 2.24) is 5.32 Å². The van der Waals surface area contributed by atoms with Gasteiger partial charge in [0.25, 0.3) is 0 Å². The average Bonchev–Trinajstić information content (AvgIpc) is 2.35. The van der Waals surface area contributed by atoms with Crippen molar-refractivity contribution in [2.45, 2.75) is 33.1 Å². The van der Waals surface area contributed by atoms with Gasteiger partial charge in [0.15, 0.2) is 0 Å². The zero-order chi connectivity index (χ0) is 13.5. The number of benzene rings is 1. The molecular formula is C14H19F2NO. The second kappa shape index (κ2) is 7.09. The van der Waals surface area contributed by atoms with Crippen molar-refractivity contribution in [2.75, 3.05) is 6.54 Å². The minimum Gasteiger partial charge on any atom is -0.356 e. The van der Waals surface area contributed by atoms with Gasteiger partial charge >= 0.3 is 0 Å². The van der Waals surface area contributed by atoms with Crippen LogP contribution in [0.15, 0.2) is 18.2 Å². The minimum absolute atomic E-state index is 0.167. The van der Waals surface area contributed by atoms with Gasteiger partial charge in [0.2, 0.25) is 5.91 Å². The second-order valence-corrected chi connectivity index (χ2v) is 4.36. The fraction of sp³-hybridized carbons (Fsp3) is 0.500. The highest BCUT2D eigenvalue weighted by Gasteiger charge is 2.13. The largest absolute Gasteiger partial charge is 0.356 e. The number of nitrogens with one attached hydrogen (secondary N) is 1. The van der Waals surface area contributed by atoms with E-state index >= 15 is 0 Å². The lowest BCUT2D eigenvalue weighted by molar-refractivity contribution is -0.120. The molecular weight excluding hydrogens is 236 g/mol. The van der Waals surface area contributed by atoms with Crippen LogP contribution in [0.5, 0.6) is 0 Å². The third kappa shape index (κ3) is 4.09. The number of hydrogen-bond donors (Lipinski definition) is 1. The summed E-state index contributed by atoms with van der Waals surface area (Å²) in [4.78, 5) is 11.6. The van der Waals surface area contributed by atoms with Gasteiger partial charge in [0.1, 0.15) is 11.6 Å². The monoisotopic (exact) mass is 255 g/mol. The van der Waals surface area contributed by atoms with E-state index in [9.17, 15) is 13.6 Å². The summed E-state index contributed by atoms with van der Waals surface area (Å²) < 4.78 is 26.6. The summed E-state index contributed by atoms with van der Waals surface area (Å²) in [6.07, 6.45) is 1.70. The molecule has 100 valence electrons. The molecule has 1 amide bonds. The molecule has 1 aromatic carbocycles. The zero-order valence-corrected chi connectivity index (χ0v) is 10.8. The first-order chi connectivity index (χ1) is 8.58. The number of amides is 1. The van der Waals surface area contributed by atoms with Gasteiger partial charge in [0.05, 0.1) is 6.42 Å². The Hall–Kier alpha value is -1.45. The van der Waals surface area contributed by atoms with Crippen molar-refractivity contribution in [3.8, 4) is 0 Å². The summed E-state index contributed by atoms with van der Waals surface area (Å²) in [5.74, 6) is -1.27. The van der Waals surface area contributed by atoms with E-state index in [2.05, 4.69) is 19.2 Å². The zero-order valence-electron chi connectivity index (χ0n) is 10.8. The van der Waals surface area contributed by atoms with Gasteiger partial charge in [-0.15, -0.1) is 0 Å². The lowest BCUT2D eigenvalue weighted by Gasteiger charge is -2.13. The Bertz CT molecular complexity index is 383. The van der Waals surface area contributed by atoms with E-state index in [0.717, 1.165) is 25.0 Å². The Morgan fingerprint density at radius 3 is 2.28 bits per heavy atom. The topological polar surface area (TPSA) is 29.1 Å². The van der Waals surface area contributed by atoms with Gasteiger partial charge in [-0.3, -0.25) is 4.79 Å². The standard InChI is InChI=1S/C14H19F2NO/c1-3-10(4-2)9-17-14(18)8-11-12(15)6-5-7-13(11)16/h5-7,10H,3-4,8-9H2,1-2H3,(H,17,18). The molecule has 0 spiro atoms. The summed E-state index contributed by atoms with van der Waals surface area (Å²) in [7, 11) is 0. The molecule has 0 atom stereocenters. The molecule has 0 saturated carbocycles. The van der Waals surface area contributed by atoms with Crippen LogP contribution in [0.3, 0.4) is 0 Å². The number of rotatable bonds is 6. The normalized spacial score (nSPS) is 10.7. The maximum absolute atomic E-state index is 13.3. The van der Waals surface area contributed by atoms with Gasteiger partial charge in [-0.25, -0.2) is 8.78 Å². The first kappa shape index (κ1) is 14.6. The molecule has 0 radical (unpaired) electrons. The van der Waals surface area contributed by atoms with Crippen LogP contribution >= 0.6 is 0 Å².